The average Bonchev–Trinajstić information content (AvgIpc) is 3.55. The van der Waals surface area contributed by atoms with E-state index in [-0.39, 0.29) is 23.3 Å². The lowest BCUT2D eigenvalue weighted by Crippen LogP contribution is -2.53. The Balaban J connectivity index is 1.39. The van der Waals surface area contributed by atoms with Gasteiger partial charge < -0.3 is 20.1 Å². The fourth-order valence-corrected chi connectivity index (χ4v) is 5.90. The van der Waals surface area contributed by atoms with Crippen molar-refractivity contribution >= 4 is 11.4 Å². The number of hydrogen-bond donors (Lipinski definition) is 3. The van der Waals surface area contributed by atoms with Gasteiger partial charge in [-0.2, -0.15) is 13.9 Å². The summed E-state index contributed by atoms with van der Waals surface area (Å²) in [6, 6.07) is 6.73. The van der Waals surface area contributed by atoms with Crippen LogP contribution in [-0.4, -0.2) is 58.4 Å². The number of aliphatic hydroxyl groups is 3. The molecule has 4 aromatic rings. The number of rotatable bonds is 6. The highest BCUT2D eigenvalue weighted by atomic mass is 19.3. The molecule has 0 saturated heterocycles. The van der Waals surface area contributed by atoms with E-state index in [0.29, 0.717) is 27.6 Å². The zero-order chi connectivity index (χ0) is 27.1. The molecule has 2 bridgehead atoms. The van der Waals surface area contributed by atoms with Gasteiger partial charge in [0.1, 0.15) is 11.6 Å². The van der Waals surface area contributed by atoms with Gasteiger partial charge in [0.15, 0.2) is 0 Å². The summed E-state index contributed by atoms with van der Waals surface area (Å²) >= 11 is 0. The van der Waals surface area contributed by atoms with Crippen LogP contribution in [0.1, 0.15) is 64.2 Å². The van der Waals surface area contributed by atoms with Crippen molar-refractivity contribution in [2.75, 3.05) is 0 Å². The van der Waals surface area contributed by atoms with Gasteiger partial charge in [0.25, 0.3) is 5.91 Å². The van der Waals surface area contributed by atoms with Crippen LogP contribution in [0.5, 0.6) is 5.75 Å². The first kappa shape index (κ1) is 24.1. The number of hydrogen-bond acceptors (Lipinski definition) is 8. The Morgan fingerprint density at radius 3 is 2.54 bits per heavy atom. The molecule has 3 N–H and O–H groups in total. The fourth-order valence-electron chi connectivity index (χ4n) is 5.90. The lowest BCUT2D eigenvalue weighted by Gasteiger charge is -2.34. The highest BCUT2D eigenvalue weighted by molar-refractivity contribution is 5.98. The number of amides is 1. The Morgan fingerprint density at radius 1 is 1.08 bits per heavy atom. The van der Waals surface area contributed by atoms with Gasteiger partial charge >= 0.3 is 12.7 Å². The highest BCUT2D eigenvalue weighted by Crippen LogP contribution is 2.54. The van der Waals surface area contributed by atoms with Crippen LogP contribution in [0.15, 0.2) is 48.9 Å². The molecule has 12 heteroatoms. The number of pyridine rings is 1. The maximum atomic E-state index is 13.4. The van der Waals surface area contributed by atoms with Crippen molar-refractivity contribution in [3.8, 4) is 16.9 Å². The first-order valence-corrected chi connectivity index (χ1v) is 12.6. The molecular weight excluding hydrogens is 512 g/mol. The molecule has 0 radical (unpaired) electrons. The molecule has 7 rings (SSSR count). The van der Waals surface area contributed by atoms with E-state index in [2.05, 4.69) is 15.1 Å². The molecule has 10 nitrogen and oxygen atoms in total. The monoisotopic (exact) mass is 535 g/mol. The van der Waals surface area contributed by atoms with Crippen molar-refractivity contribution in [1.29, 1.82) is 0 Å². The van der Waals surface area contributed by atoms with Gasteiger partial charge in [-0.15, -0.1) is 0 Å². The molecule has 1 amide bonds. The number of ether oxygens (including phenoxy) is 1. The normalized spacial score (nSPS) is 20.4. The Morgan fingerprint density at radius 2 is 1.85 bits per heavy atom. The second-order valence-corrected chi connectivity index (χ2v) is 10.3. The minimum atomic E-state index is -3.52. The van der Waals surface area contributed by atoms with Crippen LogP contribution in [0.25, 0.3) is 16.6 Å². The Hall–Kier alpha value is -4.00. The molecule has 200 valence electrons. The van der Waals surface area contributed by atoms with E-state index in [9.17, 15) is 28.9 Å². The number of benzene rings is 1. The molecule has 1 saturated carbocycles. The summed E-state index contributed by atoms with van der Waals surface area (Å²) in [5, 5.41) is 35.2. The lowest BCUT2D eigenvalue weighted by molar-refractivity contribution is -0.385. The minimum Gasteiger partial charge on any atom is -0.434 e. The van der Waals surface area contributed by atoms with Gasteiger partial charge in [0.2, 0.25) is 0 Å². The zero-order valence-corrected chi connectivity index (χ0v) is 20.4. The van der Waals surface area contributed by atoms with E-state index in [1.165, 1.54) is 31.0 Å². The number of fused-ring (bicyclic) bond motifs is 9. The summed E-state index contributed by atoms with van der Waals surface area (Å²) < 4.78 is 33.1. The average molecular weight is 536 g/mol. The highest BCUT2D eigenvalue weighted by Gasteiger charge is 2.52. The summed E-state index contributed by atoms with van der Waals surface area (Å²) in [6.45, 7) is -3.14. The molecule has 2 atom stereocenters. The first-order valence-electron chi connectivity index (χ1n) is 12.6. The molecule has 1 fully saturated rings. The van der Waals surface area contributed by atoms with E-state index >= 15 is 0 Å². The minimum absolute atomic E-state index is 0.0726. The quantitative estimate of drug-likeness (QED) is 0.321. The number of halogens is 2. The van der Waals surface area contributed by atoms with Gasteiger partial charge in [0.05, 0.1) is 17.3 Å². The molecule has 0 spiro atoms. The smallest absolute Gasteiger partial charge is 0.387 e. The summed E-state index contributed by atoms with van der Waals surface area (Å²) in [5.74, 6) is -0.351. The van der Waals surface area contributed by atoms with Gasteiger partial charge in [0, 0.05) is 53.2 Å². The van der Waals surface area contributed by atoms with Crippen molar-refractivity contribution in [3.63, 3.8) is 0 Å². The third-order valence-electron chi connectivity index (χ3n) is 7.75. The van der Waals surface area contributed by atoms with Gasteiger partial charge in [-0.3, -0.25) is 9.69 Å². The van der Waals surface area contributed by atoms with Crippen molar-refractivity contribution in [1.82, 2.24) is 24.5 Å². The third kappa shape index (κ3) is 3.94. The summed E-state index contributed by atoms with van der Waals surface area (Å²) in [5.41, 5.74) is 3.23. The van der Waals surface area contributed by atoms with Crippen LogP contribution in [-0.2, 0) is 6.42 Å². The topological polar surface area (TPSA) is 133 Å². The second-order valence-electron chi connectivity index (χ2n) is 10.3. The molecule has 3 aromatic heterocycles. The number of alkyl halides is 2. The van der Waals surface area contributed by atoms with E-state index in [1.54, 1.807) is 23.1 Å². The first-order chi connectivity index (χ1) is 18.7. The molecule has 39 heavy (non-hydrogen) atoms. The van der Waals surface area contributed by atoms with E-state index in [0.717, 1.165) is 23.4 Å². The molecule has 1 aromatic carbocycles. The van der Waals surface area contributed by atoms with Crippen LogP contribution in [0.2, 0.25) is 0 Å². The van der Waals surface area contributed by atoms with Gasteiger partial charge in [-0.25, -0.2) is 14.5 Å². The van der Waals surface area contributed by atoms with Crippen molar-refractivity contribution < 1.29 is 33.6 Å². The van der Waals surface area contributed by atoms with Crippen molar-refractivity contribution in [2.45, 2.75) is 50.4 Å². The molecule has 2 aliphatic carbocycles. The lowest BCUT2D eigenvalue weighted by atomic mass is 9.88. The summed E-state index contributed by atoms with van der Waals surface area (Å²) in [4.78, 5) is 23.0. The predicted octanol–water partition coefficient (Wildman–Crippen LogP) is 2.97. The number of aromatic nitrogens is 4. The van der Waals surface area contributed by atoms with Gasteiger partial charge in [-0.05, 0) is 55.0 Å². The van der Waals surface area contributed by atoms with Crippen molar-refractivity contribution in [2.24, 2.45) is 5.92 Å². The maximum Gasteiger partial charge on any atom is 0.387 e. The third-order valence-corrected chi connectivity index (χ3v) is 7.75. The second kappa shape index (κ2) is 8.50. The van der Waals surface area contributed by atoms with Gasteiger partial charge in [-0.1, -0.05) is 6.07 Å². The SMILES string of the molecule is O=C1c2cccc(OC(F)F)c2C2CC(c3nn4ccc(-c5cnc(CC6CC6)nc5)cc4c32)N1C(O)(O)O. The van der Waals surface area contributed by atoms with Crippen LogP contribution in [0, 0.1) is 5.92 Å². The Kier molecular flexibility index (Phi) is 5.25. The number of nitrogens with zero attached hydrogens (tertiary/aromatic N) is 5. The largest absolute Gasteiger partial charge is 0.434 e. The number of carbonyl (C=O) groups excluding carboxylic acids is 1. The zero-order valence-electron chi connectivity index (χ0n) is 20.4. The van der Waals surface area contributed by atoms with Crippen LogP contribution >= 0.6 is 0 Å². The van der Waals surface area contributed by atoms with Crippen molar-refractivity contribution in [3.05, 3.63) is 77.1 Å². The molecule has 3 aliphatic rings. The summed E-state index contributed by atoms with van der Waals surface area (Å²) in [7, 11) is 0. The van der Waals surface area contributed by atoms with Crippen LogP contribution in [0.3, 0.4) is 0 Å². The van der Waals surface area contributed by atoms with Crippen LogP contribution in [0.4, 0.5) is 8.78 Å². The fraction of sp³-hybridized carbons (Fsp3) is 0.333. The molecular formula is C27H23F2N5O5. The Bertz CT molecular complexity index is 1610. The molecule has 1 aliphatic heterocycles. The van der Waals surface area contributed by atoms with E-state index in [1.807, 2.05) is 12.1 Å². The van der Waals surface area contributed by atoms with E-state index < -0.39 is 30.6 Å². The molecule has 2 unspecified atom stereocenters. The standard InChI is InChI=1S/C27H23F2N5O5/c28-26(29)39-20-3-1-2-16-22(20)17-10-19(34(25(16)35)27(36,37)38)24-23(17)18-9-14(6-7-33(18)32-24)15-11-30-21(31-12-15)8-13-4-5-13/h1-3,6-7,9,11-13,17,19,26,36-38H,4-5,8,10H2. The Labute approximate surface area is 220 Å². The predicted molar refractivity (Wildman–Crippen MR) is 130 cm³/mol. The maximum absolute atomic E-state index is 13.4. The summed E-state index contributed by atoms with van der Waals surface area (Å²) in [6.07, 6.45) is 5.06. The van der Waals surface area contributed by atoms with Crippen LogP contribution < -0.4 is 4.74 Å². The molecule has 4 heterocycles. The number of carbonyl (C=O) groups is 1. The van der Waals surface area contributed by atoms with E-state index in [4.69, 9.17) is 4.74 Å².